The number of aliphatic hydroxyl groups excluding tert-OH is 3. The molecule has 3 unspecified atom stereocenters. The molecular weight excluding hydrogens is 136 g/mol. The van der Waals surface area contributed by atoms with Gasteiger partial charge < -0.3 is 20.1 Å². The second kappa shape index (κ2) is 2.84. The molecule has 0 aromatic rings. The van der Waals surface area contributed by atoms with Gasteiger partial charge in [-0.25, -0.2) is 0 Å². The highest BCUT2D eigenvalue weighted by Crippen LogP contribution is 2.17. The maximum absolute atomic E-state index is 9.07. The fourth-order valence-electron chi connectivity index (χ4n) is 0.957. The first kappa shape index (κ1) is 7.94. The molecule has 0 saturated carbocycles. The Morgan fingerprint density at radius 3 is 2.30 bits per heavy atom. The Kier molecular flexibility index (Phi) is 2.25. The van der Waals surface area contributed by atoms with Gasteiger partial charge in [0.25, 0.3) is 0 Å². The maximum Gasteiger partial charge on any atom is 0.181 e. The van der Waals surface area contributed by atoms with Crippen molar-refractivity contribution < 1.29 is 20.1 Å². The molecule has 0 amide bonds. The summed E-state index contributed by atoms with van der Waals surface area (Å²) in [6, 6.07) is 0. The third-order valence-electron chi connectivity index (χ3n) is 1.71. The lowest BCUT2D eigenvalue weighted by Gasteiger charge is -2.32. The summed E-state index contributed by atoms with van der Waals surface area (Å²) < 4.78 is 4.77. The normalized spacial score (nSPS) is 49.2. The lowest BCUT2D eigenvalue weighted by Crippen LogP contribution is -2.45. The van der Waals surface area contributed by atoms with Gasteiger partial charge >= 0.3 is 0 Å². The van der Waals surface area contributed by atoms with Gasteiger partial charge in [0.05, 0.1) is 12.2 Å². The molecule has 0 aliphatic carbocycles. The van der Waals surface area contributed by atoms with Gasteiger partial charge in [0, 0.05) is 6.42 Å². The van der Waals surface area contributed by atoms with Crippen LogP contribution in [0.5, 0.6) is 0 Å². The Morgan fingerprint density at radius 2 is 1.80 bits per heavy atom. The predicted octanol–water partition coefficient (Wildman–Crippen LogP) is -1.16. The van der Waals surface area contributed by atoms with E-state index in [2.05, 4.69) is 0 Å². The molecule has 0 aromatic carbocycles. The van der Waals surface area contributed by atoms with Crippen LogP contribution in [0.25, 0.3) is 0 Å². The van der Waals surface area contributed by atoms with Gasteiger partial charge in [0.15, 0.2) is 6.29 Å². The molecule has 0 radical (unpaired) electrons. The number of rotatable bonds is 0. The van der Waals surface area contributed by atoms with Crippen LogP contribution in [0.2, 0.25) is 0 Å². The van der Waals surface area contributed by atoms with Crippen molar-refractivity contribution >= 4 is 0 Å². The molecule has 1 saturated heterocycles. The van der Waals surface area contributed by atoms with Gasteiger partial charge in [-0.05, 0) is 6.92 Å². The van der Waals surface area contributed by atoms with Crippen LogP contribution in [-0.4, -0.2) is 39.9 Å². The molecule has 4 atom stereocenters. The van der Waals surface area contributed by atoms with Crippen molar-refractivity contribution in [1.29, 1.82) is 0 Å². The van der Waals surface area contributed by atoms with Gasteiger partial charge in [-0.1, -0.05) is 0 Å². The van der Waals surface area contributed by atoms with Crippen molar-refractivity contribution in [3.05, 3.63) is 0 Å². The molecule has 4 heteroatoms. The maximum atomic E-state index is 9.07. The zero-order chi connectivity index (χ0) is 7.72. The van der Waals surface area contributed by atoms with Crippen molar-refractivity contribution in [2.45, 2.75) is 37.9 Å². The fourth-order valence-corrected chi connectivity index (χ4v) is 0.957. The molecule has 1 fully saturated rings. The molecule has 10 heavy (non-hydrogen) atoms. The number of hydrogen-bond acceptors (Lipinski definition) is 4. The molecule has 1 rings (SSSR count). The zero-order valence-electron chi connectivity index (χ0n) is 5.77. The number of aliphatic hydroxyl groups is 3. The van der Waals surface area contributed by atoms with Crippen LogP contribution in [0.3, 0.4) is 0 Å². The Balaban J connectivity index is 2.46. The summed E-state index contributed by atoms with van der Waals surface area (Å²) in [4.78, 5) is 0. The SMILES string of the molecule is CC1OC(O)[C@@H](O)CC1O. The lowest BCUT2D eigenvalue weighted by molar-refractivity contribution is -0.240. The average Bonchev–Trinajstić information content (AvgIpc) is 1.84. The first-order valence-corrected chi connectivity index (χ1v) is 3.31. The summed E-state index contributed by atoms with van der Waals surface area (Å²) in [5, 5.41) is 26.9. The molecule has 60 valence electrons. The van der Waals surface area contributed by atoms with E-state index in [0.29, 0.717) is 0 Å². The summed E-state index contributed by atoms with van der Waals surface area (Å²) in [7, 11) is 0. The smallest absolute Gasteiger partial charge is 0.181 e. The molecular formula is C6H12O4. The predicted molar refractivity (Wildman–Crippen MR) is 33.2 cm³/mol. The van der Waals surface area contributed by atoms with E-state index in [0.717, 1.165) is 0 Å². The zero-order valence-corrected chi connectivity index (χ0v) is 5.77. The van der Waals surface area contributed by atoms with Gasteiger partial charge in [-0.3, -0.25) is 0 Å². The minimum absolute atomic E-state index is 0.183. The van der Waals surface area contributed by atoms with E-state index in [-0.39, 0.29) is 6.42 Å². The first-order valence-electron chi connectivity index (χ1n) is 3.31. The second-order valence-corrected chi connectivity index (χ2v) is 2.60. The van der Waals surface area contributed by atoms with Crippen molar-refractivity contribution in [1.82, 2.24) is 0 Å². The van der Waals surface area contributed by atoms with Crippen LogP contribution in [0.4, 0.5) is 0 Å². The van der Waals surface area contributed by atoms with Crippen LogP contribution >= 0.6 is 0 Å². The van der Waals surface area contributed by atoms with E-state index < -0.39 is 24.6 Å². The molecule has 0 spiro atoms. The molecule has 3 N–H and O–H groups in total. The summed E-state index contributed by atoms with van der Waals surface area (Å²) in [5.41, 5.74) is 0. The standard InChI is InChI=1S/C6H12O4/c1-3-4(7)2-5(8)6(9)10-3/h3-9H,2H2,1H3/t3?,4?,5-,6?/m0/s1. The molecule has 1 heterocycles. The fraction of sp³-hybridized carbons (Fsp3) is 1.00. The summed E-state index contributed by atoms with van der Waals surface area (Å²) in [6.07, 6.45) is -2.97. The van der Waals surface area contributed by atoms with E-state index >= 15 is 0 Å². The Morgan fingerprint density at radius 1 is 1.20 bits per heavy atom. The molecule has 0 bridgehead atoms. The molecule has 4 nitrogen and oxygen atoms in total. The van der Waals surface area contributed by atoms with Crippen LogP contribution in [-0.2, 0) is 4.74 Å². The Labute approximate surface area is 59.1 Å². The van der Waals surface area contributed by atoms with Gasteiger partial charge in [-0.15, -0.1) is 0 Å². The average molecular weight is 148 g/mol. The third kappa shape index (κ3) is 1.46. The highest BCUT2D eigenvalue weighted by molar-refractivity contribution is 4.76. The van der Waals surface area contributed by atoms with Gasteiger partial charge in [-0.2, -0.15) is 0 Å². The Bertz CT molecular complexity index is 90.3. The van der Waals surface area contributed by atoms with Gasteiger partial charge in [0.2, 0.25) is 0 Å². The third-order valence-corrected chi connectivity index (χ3v) is 1.71. The molecule has 1 aliphatic rings. The van der Waals surface area contributed by atoms with Crippen molar-refractivity contribution in [2.75, 3.05) is 0 Å². The van der Waals surface area contributed by atoms with Crippen LogP contribution in [0.1, 0.15) is 13.3 Å². The van der Waals surface area contributed by atoms with E-state index in [4.69, 9.17) is 20.1 Å². The van der Waals surface area contributed by atoms with Crippen LogP contribution in [0.15, 0.2) is 0 Å². The highest BCUT2D eigenvalue weighted by atomic mass is 16.6. The Hall–Kier alpha value is -0.160. The van der Waals surface area contributed by atoms with Gasteiger partial charge in [0.1, 0.15) is 6.10 Å². The van der Waals surface area contributed by atoms with Crippen LogP contribution < -0.4 is 0 Å². The lowest BCUT2D eigenvalue weighted by atomic mass is 10.0. The quantitative estimate of drug-likeness (QED) is 0.405. The van der Waals surface area contributed by atoms with Crippen molar-refractivity contribution in [3.63, 3.8) is 0 Å². The molecule has 0 aromatic heterocycles. The van der Waals surface area contributed by atoms with Crippen molar-refractivity contribution in [2.24, 2.45) is 0 Å². The minimum Gasteiger partial charge on any atom is -0.390 e. The topological polar surface area (TPSA) is 69.9 Å². The number of hydrogen-bond donors (Lipinski definition) is 3. The van der Waals surface area contributed by atoms with E-state index in [1.807, 2.05) is 0 Å². The van der Waals surface area contributed by atoms with E-state index in [9.17, 15) is 0 Å². The summed E-state index contributed by atoms with van der Waals surface area (Å²) in [6.45, 7) is 1.65. The van der Waals surface area contributed by atoms with Crippen LogP contribution in [0, 0.1) is 0 Å². The second-order valence-electron chi connectivity index (χ2n) is 2.60. The van der Waals surface area contributed by atoms with E-state index in [1.54, 1.807) is 6.92 Å². The summed E-state index contributed by atoms with van der Waals surface area (Å²) >= 11 is 0. The number of ether oxygens (including phenoxy) is 1. The minimum atomic E-state index is -1.14. The van der Waals surface area contributed by atoms with Crippen molar-refractivity contribution in [3.8, 4) is 0 Å². The molecule has 1 aliphatic heterocycles. The monoisotopic (exact) mass is 148 g/mol. The van der Waals surface area contributed by atoms with E-state index in [1.165, 1.54) is 0 Å². The largest absolute Gasteiger partial charge is 0.390 e. The summed E-state index contributed by atoms with van der Waals surface area (Å²) in [5.74, 6) is 0. The first-order chi connectivity index (χ1) is 4.61. The highest BCUT2D eigenvalue weighted by Gasteiger charge is 2.32.